The van der Waals surface area contributed by atoms with Crippen LogP contribution in [0.1, 0.15) is 10.5 Å². The van der Waals surface area contributed by atoms with E-state index in [1.165, 1.54) is 0 Å². The highest BCUT2D eigenvalue weighted by Gasteiger charge is 2.20. The summed E-state index contributed by atoms with van der Waals surface area (Å²) >= 11 is 0. The third-order valence-electron chi connectivity index (χ3n) is 4.14. The summed E-state index contributed by atoms with van der Waals surface area (Å²) in [5, 5.41) is 14.1. The van der Waals surface area contributed by atoms with Gasteiger partial charge in [-0.05, 0) is 12.1 Å². The predicted molar refractivity (Wildman–Crippen MR) is 96.0 cm³/mol. The third kappa shape index (κ3) is 3.29. The lowest BCUT2D eigenvalue weighted by atomic mass is 10.2. The SMILES string of the molecule is Cn1cc(NC(=O)c2cccc(-c3cn[nH]c3)n2)c(N2CCOCC2)n1. The average molecular weight is 353 g/mol. The molecular formula is C17H19N7O2. The van der Waals surface area contributed by atoms with Crippen molar-refractivity contribution in [3.63, 3.8) is 0 Å². The summed E-state index contributed by atoms with van der Waals surface area (Å²) in [5.74, 6) is 0.466. The molecule has 26 heavy (non-hydrogen) atoms. The lowest BCUT2D eigenvalue weighted by Crippen LogP contribution is -2.37. The highest BCUT2D eigenvalue weighted by atomic mass is 16.5. The Morgan fingerprint density at radius 2 is 2.15 bits per heavy atom. The number of rotatable bonds is 4. The number of ether oxygens (including phenoxy) is 1. The molecule has 2 N–H and O–H groups in total. The second-order valence-electron chi connectivity index (χ2n) is 5.99. The van der Waals surface area contributed by atoms with Crippen molar-refractivity contribution in [2.24, 2.45) is 7.05 Å². The van der Waals surface area contributed by atoms with Gasteiger partial charge >= 0.3 is 0 Å². The largest absolute Gasteiger partial charge is 0.378 e. The van der Waals surface area contributed by atoms with E-state index < -0.39 is 0 Å². The monoisotopic (exact) mass is 353 g/mol. The van der Waals surface area contributed by atoms with E-state index >= 15 is 0 Å². The number of H-pyrrole nitrogens is 1. The maximum Gasteiger partial charge on any atom is 0.274 e. The zero-order chi connectivity index (χ0) is 17.9. The van der Waals surface area contributed by atoms with Crippen molar-refractivity contribution in [3.8, 4) is 11.3 Å². The maximum absolute atomic E-state index is 12.7. The van der Waals surface area contributed by atoms with Gasteiger partial charge in [-0.1, -0.05) is 6.07 Å². The van der Waals surface area contributed by atoms with Crippen LogP contribution >= 0.6 is 0 Å². The van der Waals surface area contributed by atoms with Crippen LogP contribution in [0.15, 0.2) is 36.8 Å². The summed E-state index contributed by atoms with van der Waals surface area (Å²) in [5.41, 5.74) is 2.51. The van der Waals surface area contributed by atoms with E-state index in [1.54, 1.807) is 35.4 Å². The minimum Gasteiger partial charge on any atom is -0.378 e. The number of anilines is 2. The molecule has 9 nitrogen and oxygen atoms in total. The number of nitrogens with one attached hydrogen (secondary N) is 2. The second-order valence-corrected chi connectivity index (χ2v) is 5.99. The van der Waals surface area contributed by atoms with Gasteiger partial charge in [-0.2, -0.15) is 10.2 Å². The quantitative estimate of drug-likeness (QED) is 0.733. The molecule has 134 valence electrons. The smallest absolute Gasteiger partial charge is 0.274 e. The van der Waals surface area contributed by atoms with Crippen LogP contribution in [-0.4, -0.2) is 57.2 Å². The normalized spacial score (nSPS) is 14.4. The highest BCUT2D eigenvalue weighted by Crippen LogP contribution is 2.25. The van der Waals surface area contributed by atoms with Gasteiger partial charge in [-0.3, -0.25) is 14.6 Å². The van der Waals surface area contributed by atoms with Crippen LogP contribution in [0.2, 0.25) is 0 Å². The van der Waals surface area contributed by atoms with Crippen LogP contribution in [0.4, 0.5) is 11.5 Å². The number of carbonyl (C=O) groups is 1. The molecule has 0 saturated carbocycles. The summed E-state index contributed by atoms with van der Waals surface area (Å²) in [6, 6.07) is 5.32. The summed E-state index contributed by atoms with van der Waals surface area (Å²) in [6.07, 6.45) is 5.20. The second kappa shape index (κ2) is 6.96. The molecule has 0 spiro atoms. The van der Waals surface area contributed by atoms with E-state index in [0.29, 0.717) is 30.3 Å². The molecule has 1 aliphatic heterocycles. The number of aromatic nitrogens is 5. The first-order chi connectivity index (χ1) is 12.7. The van der Waals surface area contributed by atoms with Crippen LogP contribution in [0, 0.1) is 0 Å². The Labute approximate surface area is 150 Å². The fraction of sp³-hybridized carbons (Fsp3) is 0.294. The number of hydrogen-bond donors (Lipinski definition) is 2. The molecule has 1 amide bonds. The lowest BCUT2D eigenvalue weighted by Gasteiger charge is -2.27. The Morgan fingerprint density at radius 1 is 1.31 bits per heavy atom. The van der Waals surface area contributed by atoms with Crippen molar-refractivity contribution in [1.82, 2.24) is 25.0 Å². The first-order valence-electron chi connectivity index (χ1n) is 8.34. The average Bonchev–Trinajstić information content (AvgIpc) is 3.32. The fourth-order valence-electron chi connectivity index (χ4n) is 2.87. The van der Waals surface area contributed by atoms with Crippen LogP contribution in [-0.2, 0) is 11.8 Å². The molecule has 4 rings (SSSR count). The number of amides is 1. The Morgan fingerprint density at radius 3 is 2.92 bits per heavy atom. The number of morpholine rings is 1. The first-order valence-corrected chi connectivity index (χ1v) is 8.34. The molecule has 0 unspecified atom stereocenters. The number of carbonyl (C=O) groups excluding carboxylic acids is 1. The van der Waals surface area contributed by atoms with Gasteiger partial charge in [0, 0.05) is 31.9 Å². The van der Waals surface area contributed by atoms with Gasteiger partial charge < -0.3 is 15.0 Å². The van der Waals surface area contributed by atoms with Crippen molar-refractivity contribution in [3.05, 3.63) is 42.5 Å². The van der Waals surface area contributed by atoms with E-state index in [-0.39, 0.29) is 5.91 Å². The number of aryl methyl sites for hydroxylation is 1. The predicted octanol–water partition coefficient (Wildman–Crippen LogP) is 1.29. The third-order valence-corrected chi connectivity index (χ3v) is 4.14. The van der Waals surface area contributed by atoms with Crippen molar-refractivity contribution >= 4 is 17.4 Å². The molecule has 4 heterocycles. The Bertz CT molecular complexity index is 898. The molecule has 3 aromatic heterocycles. The van der Waals surface area contributed by atoms with E-state index in [4.69, 9.17) is 4.74 Å². The molecule has 9 heteroatoms. The minimum absolute atomic E-state index is 0.280. The van der Waals surface area contributed by atoms with Gasteiger partial charge in [-0.15, -0.1) is 0 Å². The van der Waals surface area contributed by atoms with Gasteiger partial charge in [-0.25, -0.2) is 4.98 Å². The van der Waals surface area contributed by atoms with Crippen molar-refractivity contribution in [2.75, 3.05) is 36.5 Å². The van der Waals surface area contributed by atoms with Gasteiger partial charge in [0.15, 0.2) is 5.82 Å². The first kappa shape index (κ1) is 16.3. The summed E-state index contributed by atoms with van der Waals surface area (Å²) < 4.78 is 7.08. The van der Waals surface area contributed by atoms with Crippen LogP contribution in [0.3, 0.4) is 0 Å². The molecule has 1 fully saturated rings. The molecule has 1 saturated heterocycles. The molecule has 0 bridgehead atoms. The molecular weight excluding hydrogens is 334 g/mol. The van der Waals surface area contributed by atoms with E-state index in [1.807, 2.05) is 13.1 Å². The minimum atomic E-state index is -0.280. The summed E-state index contributed by atoms with van der Waals surface area (Å²) in [4.78, 5) is 19.2. The molecule has 0 aliphatic carbocycles. The number of aromatic amines is 1. The fourth-order valence-corrected chi connectivity index (χ4v) is 2.87. The number of nitrogens with zero attached hydrogens (tertiary/aromatic N) is 5. The Kier molecular flexibility index (Phi) is 4.36. The molecule has 1 aliphatic rings. The van der Waals surface area contributed by atoms with Gasteiger partial charge in [0.2, 0.25) is 0 Å². The summed E-state index contributed by atoms with van der Waals surface area (Å²) in [7, 11) is 1.83. The van der Waals surface area contributed by atoms with Crippen LogP contribution in [0.5, 0.6) is 0 Å². The zero-order valence-electron chi connectivity index (χ0n) is 14.3. The van der Waals surface area contributed by atoms with Crippen molar-refractivity contribution in [1.29, 1.82) is 0 Å². The standard InChI is InChI=1S/C17H19N7O2/c1-23-11-15(16(22-23)24-5-7-26-8-6-24)21-17(25)14-4-2-3-13(20-14)12-9-18-19-10-12/h2-4,9-11H,5-8H2,1H3,(H,18,19)(H,21,25). The maximum atomic E-state index is 12.7. The van der Waals surface area contributed by atoms with Gasteiger partial charge in [0.25, 0.3) is 5.91 Å². The molecule has 0 radical (unpaired) electrons. The number of hydrogen-bond acceptors (Lipinski definition) is 6. The highest BCUT2D eigenvalue weighted by molar-refractivity contribution is 6.04. The van der Waals surface area contributed by atoms with Crippen molar-refractivity contribution in [2.45, 2.75) is 0 Å². The zero-order valence-corrected chi connectivity index (χ0v) is 14.3. The number of pyridine rings is 1. The lowest BCUT2D eigenvalue weighted by molar-refractivity contribution is 0.102. The van der Waals surface area contributed by atoms with E-state index in [9.17, 15) is 4.79 Å². The van der Waals surface area contributed by atoms with E-state index in [0.717, 1.165) is 24.5 Å². The topological polar surface area (TPSA) is 101 Å². The Balaban J connectivity index is 1.56. The van der Waals surface area contributed by atoms with Crippen molar-refractivity contribution < 1.29 is 9.53 Å². The van der Waals surface area contributed by atoms with E-state index in [2.05, 4.69) is 30.5 Å². The summed E-state index contributed by atoms with van der Waals surface area (Å²) in [6.45, 7) is 2.79. The molecule has 3 aromatic rings. The van der Waals surface area contributed by atoms with Crippen LogP contribution in [0.25, 0.3) is 11.3 Å². The molecule has 0 aromatic carbocycles. The van der Waals surface area contributed by atoms with Gasteiger partial charge in [0.05, 0.1) is 31.3 Å². The molecule has 0 atom stereocenters. The van der Waals surface area contributed by atoms with Gasteiger partial charge in [0.1, 0.15) is 11.4 Å². The van der Waals surface area contributed by atoms with Crippen LogP contribution < -0.4 is 10.2 Å². The Hall–Kier alpha value is -3.20.